The Hall–Kier alpha value is -5.35. The van der Waals surface area contributed by atoms with Crippen molar-refractivity contribution in [3.8, 4) is 17.5 Å². The molecule has 2 N–H and O–H groups in total. The molecule has 2 aromatic carbocycles. The molecule has 4 aromatic rings. The van der Waals surface area contributed by atoms with Crippen molar-refractivity contribution in [1.82, 2.24) is 29.9 Å². The van der Waals surface area contributed by atoms with Crippen LogP contribution in [0, 0.1) is 0 Å². The number of hydrogen-bond acceptors (Lipinski definition) is 16. The Labute approximate surface area is 284 Å². The number of ether oxygens (including phenoxy) is 4. The number of hydrogen-bond donors (Lipinski definition) is 2. The molecule has 49 heavy (non-hydrogen) atoms. The highest BCUT2D eigenvalue weighted by atomic mass is 16.5. The molecule has 16 heteroatoms. The number of nitrogens with zero attached hydrogens (tertiary/aromatic N) is 10. The van der Waals surface area contributed by atoms with Gasteiger partial charge in [-0.3, -0.25) is 0 Å². The molecule has 16 nitrogen and oxygen atoms in total. The van der Waals surface area contributed by atoms with Crippen molar-refractivity contribution in [3.63, 3.8) is 0 Å². The summed E-state index contributed by atoms with van der Waals surface area (Å²) in [5, 5.41) is 7.70. The Morgan fingerprint density at radius 3 is 1.98 bits per heavy atom. The van der Waals surface area contributed by atoms with Crippen LogP contribution in [0.25, 0.3) is 0 Å². The minimum atomic E-state index is 0.179. The van der Waals surface area contributed by atoms with E-state index >= 15 is 0 Å². The van der Waals surface area contributed by atoms with Crippen molar-refractivity contribution in [3.05, 3.63) is 54.1 Å². The molecule has 3 fully saturated rings. The second-order valence-electron chi connectivity index (χ2n) is 11.6. The van der Waals surface area contributed by atoms with Gasteiger partial charge in [0.05, 0.1) is 39.8 Å². The van der Waals surface area contributed by atoms with E-state index in [9.17, 15) is 0 Å². The predicted molar refractivity (Wildman–Crippen MR) is 186 cm³/mol. The smallest absolute Gasteiger partial charge is 0.328 e. The van der Waals surface area contributed by atoms with Gasteiger partial charge in [-0.25, -0.2) is 5.43 Å². The molecule has 3 saturated heterocycles. The summed E-state index contributed by atoms with van der Waals surface area (Å²) in [5.74, 6) is 3.43. The molecule has 256 valence electrons. The van der Waals surface area contributed by atoms with Gasteiger partial charge in [-0.1, -0.05) is 18.2 Å². The van der Waals surface area contributed by atoms with Crippen LogP contribution < -0.4 is 34.9 Å². The summed E-state index contributed by atoms with van der Waals surface area (Å²) < 4.78 is 23.0. The number of anilines is 6. The van der Waals surface area contributed by atoms with E-state index in [1.54, 1.807) is 19.4 Å². The zero-order chi connectivity index (χ0) is 33.3. The summed E-state index contributed by atoms with van der Waals surface area (Å²) >= 11 is 0. The highest BCUT2D eigenvalue weighted by Crippen LogP contribution is 2.32. The molecule has 5 heterocycles. The average molecular weight is 669 g/mol. The fourth-order valence-electron chi connectivity index (χ4n) is 5.66. The number of para-hydroxylation sites is 1. The first-order valence-corrected chi connectivity index (χ1v) is 16.6. The lowest BCUT2D eigenvalue weighted by Crippen LogP contribution is -2.40. The van der Waals surface area contributed by atoms with E-state index in [1.807, 2.05) is 42.5 Å². The van der Waals surface area contributed by atoms with Gasteiger partial charge in [-0.05, 0) is 55.2 Å². The summed E-state index contributed by atoms with van der Waals surface area (Å²) in [6, 6.07) is 15.5. The van der Waals surface area contributed by atoms with Crippen LogP contribution in [0.4, 0.5) is 35.4 Å². The maximum atomic E-state index is 6.22. The zero-order valence-corrected chi connectivity index (χ0v) is 27.5. The lowest BCUT2D eigenvalue weighted by atomic mass is 10.1. The molecule has 7 rings (SSSR count). The molecule has 2 aromatic heterocycles. The van der Waals surface area contributed by atoms with Gasteiger partial charge in [-0.15, -0.1) is 0 Å². The Morgan fingerprint density at radius 1 is 0.673 bits per heavy atom. The molecule has 3 aliphatic rings. The molecule has 0 unspecified atom stereocenters. The minimum absolute atomic E-state index is 0.179. The van der Waals surface area contributed by atoms with Gasteiger partial charge in [0.25, 0.3) is 0 Å². The van der Waals surface area contributed by atoms with Crippen LogP contribution in [0.5, 0.6) is 17.5 Å². The highest BCUT2D eigenvalue weighted by Gasteiger charge is 2.22. The Balaban J connectivity index is 1.08. The molecule has 0 bridgehead atoms. The van der Waals surface area contributed by atoms with E-state index in [0.29, 0.717) is 93.8 Å². The zero-order valence-electron chi connectivity index (χ0n) is 27.5. The van der Waals surface area contributed by atoms with Gasteiger partial charge in [-0.2, -0.15) is 35.0 Å². The van der Waals surface area contributed by atoms with Gasteiger partial charge in [0, 0.05) is 45.0 Å². The number of nitrogens with one attached hydrogen (secondary N) is 2. The maximum Gasteiger partial charge on any atom is 0.328 e. The quantitative estimate of drug-likeness (QED) is 0.176. The summed E-state index contributed by atoms with van der Waals surface area (Å²) in [5.41, 5.74) is 4.63. The normalized spacial score (nSPS) is 16.9. The largest absolute Gasteiger partial charge is 0.493 e. The number of rotatable bonds is 11. The molecule has 0 atom stereocenters. The minimum Gasteiger partial charge on any atom is -0.493 e. The number of morpholine rings is 2. The van der Waals surface area contributed by atoms with Gasteiger partial charge in [0.1, 0.15) is 0 Å². The summed E-state index contributed by atoms with van der Waals surface area (Å²) in [6.07, 6.45) is 5.08. The molecule has 0 radical (unpaired) electrons. The first kappa shape index (κ1) is 32.2. The van der Waals surface area contributed by atoms with Crippen LogP contribution >= 0.6 is 0 Å². The average Bonchev–Trinajstić information content (AvgIpc) is 3.16. The van der Waals surface area contributed by atoms with Gasteiger partial charge in [0.2, 0.25) is 29.7 Å². The van der Waals surface area contributed by atoms with Crippen LogP contribution in [0.15, 0.2) is 53.6 Å². The summed E-state index contributed by atoms with van der Waals surface area (Å²) in [7, 11) is 1.58. The summed E-state index contributed by atoms with van der Waals surface area (Å²) in [4.78, 5) is 34.3. The number of piperidine rings is 1. The van der Waals surface area contributed by atoms with Crippen molar-refractivity contribution in [1.29, 1.82) is 0 Å². The number of aromatic nitrogens is 6. The van der Waals surface area contributed by atoms with Crippen molar-refractivity contribution < 1.29 is 18.9 Å². The molecular formula is C33H40N12O4. The Bertz CT molecular complexity index is 1680. The van der Waals surface area contributed by atoms with E-state index in [0.717, 1.165) is 37.2 Å². The number of hydrazone groups is 1. The first-order valence-electron chi connectivity index (χ1n) is 16.6. The molecule has 0 aliphatic carbocycles. The lowest BCUT2D eigenvalue weighted by Gasteiger charge is -2.30. The van der Waals surface area contributed by atoms with Crippen molar-refractivity contribution in [2.75, 3.05) is 98.2 Å². The van der Waals surface area contributed by atoms with Gasteiger partial charge >= 0.3 is 6.01 Å². The summed E-state index contributed by atoms with van der Waals surface area (Å²) in [6.45, 7) is 6.99. The third-order valence-corrected chi connectivity index (χ3v) is 8.24. The van der Waals surface area contributed by atoms with Crippen LogP contribution in [-0.4, -0.2) is 109 Å². The third kappa shape index (κ3) is 8.39. The molecular weight excluding hydrogens is 628 g/mol. The highest BCUT2D eigenvalue weighted by molar-refractivity contribution is 5.81. The van der Waals surface area contributed by atoms with Crippen LogP contribution in [0.3, 0.4) is 0 Å². The SMILES string of the molecule is COc1cc(C=NNc2nc(Nc3ccccc3)nc(N3CCCCC3)n2)ccc1Oc1nc(N2CCOCC2)nc(N2CCOCC2)n1. The molecule has 0 saturated carbocycles. The predicted octanol–water partition coefficient (Wildman–Crippen LogP) is 3.71. The Kier molecular flexibility index (Phi) is 10.3. The van der Waals surface area contributed by atoms with E-state index in [4.69, 9.17) is 23.9 Å². The molecule has 0 amide bonds. The van der Waals surface area contributed by atoms with E-state index in [1.165, 1.54) is 6.42 Å². The van der Waals surface area contributed by atoms with E-state index < -0.39 is 0 Å². The van der Waals surface area contributed by atoms with Gasteiger partial charge in [0.15, 0.2) is 11.5 Å². The third-order valence-electron chi connectivity index (χ3n) is 8.24. The standard InChI is InChI=1S/C33H40N12O4/c1-46-27-22-24(23-34-42-29-36-28(35-25-8-4-2-5-9-25)37-30(38-29)43-12-6-3-7-13-43)10-11-26(27)49-33-40-31(44-14-18-47-19-15-44)39-32(41-33)45-16-20-48-21-17-45/h2,4-5,8-11,22-23H,3,6-7,12-21H2,1H3,(H2,35,36,37,38,42). The van der Waals surface area contributed by atoms with Crippen molar-refractivity contribution >= 4 is 41.6 Å². The topological polar surface area (TPSA) is 160 Å². The number of benzene rings is 2. The second-order valence-corrected chi connectivity index (χ2v) is 11.6. The fraction of sp³-hybridized carbons (Fsp3) is 0.424. The monoisotopic (exact) mass is 668 g/mol. The van der Waals surface area contributed by atoms with Crippen molar-refractivity contribution in [2.45, 2.75) is 19.3 Å². The van der Waals surface area contributed by atoms with Crippen LogP contribution in [0.2, 0.25) is 0 Å². The first-order chi connectivity index (χ1) is 24.2. The van der Waals surface area contributed by atoms with Gasteiger partial charge < -0.3 is 39.0 Å². The fourth-order valence-corrected chi connectivity index (χ4v) is 5.66. The maximum absolute atomic E-state index is 6.22. The molecule has 0 spiro atoms. The lowest BCUT2D eigenvalue weighted by molar-refractivity contribution is 0.121. The Morgan fingerprint density at radius 2 is 1.31 bits per heavy atom. The molecule has 3 aliphatic heterocycles. The second kappa shape index (κ2) is 15.7. The van der Waals surface area contributed by atoms with E-state index in [-0.39, 0.29) is 6.01 Å². The number of methoxy groups -OCH3 is 1. The van der Waals surface area contributed by atoms with E-state index in [2.05, 4.69) is 55.5 Å². The van der Waals surface area contributed by atoms with Crippen molar-refractivity contribution in [2.24, 2.45) is 5.10 Å². The van der Waals surface area contributed by atoms with Crippen LogP contribution in [0.1, 0.15) is 24.8 Å². The van der Waals surface area contributed by atoms with Crippen LogP contribution in [-0.2, 0) is 9.47 Å².